The molecule has 4 rings (SSSR count). The Hall–Kier alpha value is -3.46. The van der Waals surface area contributed by atoms with Gasteiger partial charge in [0.15, 0.2) is 11.5 Å². The third-order valence-corrected chi connectivity index (χ3v) is 6.88. The third kappa shape index (κ3) is 5.20. The van der Waals surface area contributed by atoms with Gasteiger partial charge in [-0.3, -0.25) is 14.9 Å². The Labute approximate surface area is 202 Å². The molecule has 9 heteroatoms. The molecular formula is C25H28N4O4S. The van der Waals surface area contributed by atoms with Crippen LogP contribution in [0, 0.1) is 5.92 Å². The Bertz CT molecular complexity index is 1150. The van der Waals surface area contributed by atoms with Crippen molar-refractivity contribution in [2.45, 2.75) is 45.6 Å². The lowest BCUT2D eigenvalue weighted by Gasteiger charge is -2.25. The van der Waals surface area contributed by atoms with E-state index in [0.29, 0.717) is 28.1 Å². The van der Waals surface area contributed by atoms with Crippen LogP contribution in [0.3, 0.4) is 0 Å². The number of nitrogens with zero attached hydrogens (tertiary/aromatic N) is 2. The van der Waals surface area contributed by atoms with Gasteiger partial charge < -0.3 is 14.8 Å². The Kier molecular flexibility index (Phi) is 7.42. The lowest BCUT2D eigenvalue weighted by atomic mass is 9.93. The average Bonchev–Trinajstić information content (AvgIpc) is 3.52. The average molecular weight is 481 g/mol. The van der Waals surface area contributed by atoms with Gasteiger partial charge in [0, 0.05) is 5.56 Å². The number of carbonyl (C=O) groups is 2. The van der Waals surface area contributed by atoms with Crippen LogP contribution in [0.4, 0.5) is 5.13 Å². The van der Waals surface area contributed by atoms with E-state index in [1.165, 1.54) is 11.3 Å². The van der Waals surface area contributed by atoms with Crippen molar-refractivity contribution in [2.75, 3.05) is 12.1 Å². The van der Waals surface area contributed by atoms with Crippen LogP contribution in [-0.2, 0) is 9.59 Å². The summed E-state index contributed by atoms with van der Waals surface area (Å²) in [6, 6.07) is 14.5. The quantitative estimate of drug-likeness (QED) is 0.464. The predicted molar refractivity (Wildman–Crippen MR) is 131 cm³/mol. The fraction of sp³-hybridized carbons (Fsp3) is 0.360. The van der Waals surface area contributed by atoms with Crippen molar-refractivity contribution in [1.82, 2.24) is 15.5 Å². The van der Waals surface area contributed by atoms with Gasteiger partial charge in [-0.25, -0.2) is 0 Å². The molecule has 34 heavy (non-hydrogen) atoms. The van der Waals surface area contributed by atoms with Crippen molar-refractivity contribution in [1.29, 1.82) is 0 Å². The van der Waals surface area contributed by atoms with Crippen LogP contribution in [0.1, 0.15) is 45.1 Å². The molecule has 8 nitrogen and oxygen atoms in total. The maximum Gasteiger partial charge on any atom is 0.249 e. The van der Waals surface area contributed by atoms with Gasteiger partial charge in [0.1, 0.15) is 11.0 Å². The van der Waals surface area contributed by atoms with Crippen LogP contribution in [-0.4, -0.2) is 34.8 Å². The normalized spacial score (nSPS) is 14.8. The molecule has 2 N–H and O–H groups in total. The van der Waals surface area contributed by atoms with Crippen molar-refractivity contribution in [3.8, 4) is 22.1 Å². The van der Waals surface area contributed by atoms with E-state index >= 15 is 0 Å². The monoisotopic (exact) mass is 480 g/mol. The number of ether oxygens (including phenoxy) is 2. The predicted octanol–water partition coefficient (Wildman–Crippen LogP) is 4.60. The first-order valence-corrected chi connectivity index (χ1v) is 12.2. The molecule has 0 aliphatic carbocycles. The number of hydrogen-bond donors (Lipinski definition) is 2. The summed E-state index contributed by atoms with van der Waals surface area (Å²) >= 11 is 1.26. The van der Waals surface area contributed by atoms with Gasteiger partial charge >= 0.3 is 0 Å². The summed E-state index contributed by atoms with van der Waals surface area (Å²) in [4.78, 5) is 26.3. The van der Waals surface area contributed by atoms with E-state index < -0.39 is 6.04 Å². The first-order chi connectivity index (χ1) is 16.5. The van der Waals surface area contributed by atoms with Gasteiger partial charge in [0.25, 0.3) is 0 Å². The number of aromatic nitrogens is 2. The smallest absolute Gasteiger partial charge is 0.249 e. The highest BCUT2D eigenvalue weighted by molar-refractivity contribution is 7.18. The maximum atomic E-state index is 13.2. The molecule has 0 bridgehead atoms. The summed E-state index contributed by atoms with van der Waals surface area (Å²) in [7, 11) is 0. The van der Waals surface area contributed by atoms with Gasteiger partial charge in [0.05, 0.1) is 5.92 Å². The number of carbonyl (C=O) groups excluding carboxylic acids is 2. The summed E-state index contributed by atoms with van der Waals surface area (Å²) < 4.78 is 10.8. The van der Waals surface area contributed by atoms with E-state index in [2.05, 4.69) is 20.8 Å². The first kappa shape index (κ1) is 23.7. The molecule has 1 aromatic heterocycles. The van der Waals surface area contributed by atoms with Crippen LogP contribution in [0.25, 0.3) is 10.6 Å². The number of nitrogens with one attached hydrogen (secondary N) is 2. The molecule has 3 atom stereocenters. The minimum Gasteiger partial charge on any atom is -0.454 e. The van der Waals surface area contributed by atoms with Crippen LogP contribution < -0.4 is 20.1 Å². The van der Waals surface area contributed by atoms with E-state index in [-0.39, 0.29) is 30.4 Å². The Morgan fingerprint density at radius 3 is 2.50 bits per heavy atom. The highest BCUT2D eigenvalue weighted by Crippen LogP contribution is 2.37. The molecular weight excluding hydrogens is 452 g/mol. The SMILES string of the molecule is CCC(C(=O)NC(C(=O)Nc1nnc(-c2ccc3c(c2)OCO3)s1)C(C)CC)c1ccccc1. The molecule has 2 aromatic carbocycles. The number of anilines is 1. The minimum atomic E-state index is -0.687. The second-order valence-electron chi connectivity index (χ2n) is 8.21. The Balaban J connectivity index is 1.46. The first-order valence-electron chi connectivity index (χ1n) is 11.4. The highest BCUT2D eigenvalue weighted by atomic mass is 32.1. The van der Waals surface area contributed by atoms with Crippen LogP contribution in [0.15, 0.2) is 48.5 Å². The van der Waals surface area contributed by atoms with Gasteiger partial charge in [0.2, 0.25) is 23.7 Å². The molecule has 3 aromatic rings. The van der Waals surface area contributed by atoms with E-state index in [4.69, 9.17) is 9.47 Å². The van der Waals surface area contributed by atoms with E-state index in [1.807, 2.05) is 69.3 Å². The third-order valence-electron chi connectivity index (χ3n) is 5.99. The fourth-order valence-electron chi connectivity index (χ4n) is 3.82. The number of amides is 2. The van der Waals surface area contributed by atoms with Crippen molar-refractivity contribution in [3.05, 3.63) is 54.1 Å². The zero-order valence-electron chi connectivity index (χ0n) is 19.4. The lowest BCUT2D eigenvalue weighted by molar-refractivity contribution is -0.128. The van der Waals surface area contributed by atoms with Crippen LogP contribution in [0.2, 0.25) is 0 Å². The maximum absolute atomic E-state index is 13.2. The summed E-state index contributed by atoms with van der Waals surface area (Å²) in [6.45, 7) is 6.11. The van der Waals surface area contributed by atoms with Crippen molar-refractivity contribution >= 4 is 28.3 Å². The largest absolute Gasteiger partial charge is 0.454 e. The van der Waals surface area contributed by atoms with Crippen LogP contribution >= 0.6 is 11.3 Å². The van der Waals surface area contributed by atoms with Gasteiger partial charge in [-0.15, -0.1) is 10.2 Å². The topological polar surface area (TPSA) is 102 Å². The molecule has 3 unspecified atom stereocenters. The standard InChI is InChI=1S/C25H28N4O4S/c1-4-15(3)21(26-22(30)18(5-2)16-9-7-6-8-10-16)23(31)27-25-29-28-24(34-25)17-11-12-19-20(13-17)33-14-32-19/h6-13,15,18,21H,4-5,14H2,1-3H3,(H,26,30)(H,27,29,31). The summed E-state index contributed by atoms with van der Waals surface area (Å²) in [6.07, 6.45) is 1.37. The molecule has 0 spiro atoms. The number of rotatable bonds is 9. The van der Waals surface area contributed by atoms with Crippen molar-refractivity contribution in [3.63, 3.8) is 0 Å². The van der Waals surface area contributed by atoms with Gasteiger partial charge in [-0.1, -0.05) is 68.9 Å². The van der Waals surface area contributed by atoms with Gasteiger partial charge in [-0.2, -0.15) is 0 Å². The minimum absolute atomic E-state index is 0.0570. The van der Waals surface area contributed by atoms with E-state index in [0.717, 1.165) is 17.5 Å². The Morgan fingerprint density at radius 1 is 1.00 bits per heavy atom. The van der Waals surface area contributed by atoms with E-state index in [1.54, 1.807) is 0 Å². The van der Waals surface area contributed by atoms with Crippen molar-refractivity contribution in [2.24, 2.45) is 5.92 Å². The highest BCUT2D eigenvalue weighted by Gasteiger charge is 2.30. The number of benzene rings is 2. The zero-order valence-corrected chi connectivity index (χ0v) is 20.2. The Morgan fingerprint density at radius 2 is 1.76 bits per heavy atom. The van der Waals surface area contributed by atoms with E-state index in [9.17, 15) is 9.59 Å². The summed E-state index contributed by atoms with van der Waals surface area (Å²) in [5.41, 5.74) is 1.76. The fourth-order valence-corrected chi connectivity index (χ4v) is 4.56. The lowest BCUT2D eigenvalue weighted by Crippen LogP contribution is -2.49. The second-order valence-corrected chi connectivity index (χ2v) is 9.19. The molecule has 0 saturated heterocycles. The van der Waals surface area contributed by atoms with Crippen molar-refractivity contribution < 1.29 is 19.1 Å². The zero-order chi connectivity index (χ0) is 24.1. The number of hydrogen-bond acceptors (Lipinski definition) is 7. The molecule has 0 radical (unpaired) electrons. The van der Waals surface area contributed by atoms with Crippen LogP contribution in [0.5, 0.6) is 11.5 Å². The molecule has 0 fully saturated rings. The molecule has 1 aliphatic rings. The summed E-state index contributed by atoms with van der Waals surface area (Å²) in [5.74, 6) is 0.501. The number of fused-ring (bicyclic) bond motifs is 1. The molecule has 2 heterocycles. The summed E-state index contributed by atoms with van der Waals surface area (Å²) in [5, 5.41) is 15.2. The molecule has 2 amide bonds. The molecule has 178 valence electrons. The van der Waals surface area contributed by atoms with Gasteiger partial charge in [-0.05, 0) is 36.1 Å². The molecule has 0 saturated carbocycles. The molecule has 1 aliphatic heterocycles. The second kappa shape index (κ2) is 10.6.